The van der Waals surface area contributed by atoms with Crippen LogP contribution in [0.4, 0.5) is 5.69 Å². The van der Waals surface area contributed by atoms with Crippen molar-refractivity contribution in [1.29, 1.82) is 5.41 Å². The van der Waals surface area contributed by atoms with Crippen LogP contribution in [0.3, 0.4) is 0 Å². The summed E-state index contributed by atoms with van der Waals surface area (Å²) in [4.78, 5) is 2.45. The van der Waals surface area contributed by atoms with Crippen LogP contribution >= 0.6 is 11.6 Å². The van der Waals surface area contributed by atoms with Crippen LogP contribution in [0.15, 0.2) is 24.3 Å². The molecule has 1 unspecified atom stereocenters. The van der Waals surface area contributed by atoms with Gasteiger partial charge in [0.25, 0.3) is 0 Å². The fourth-order valence-electron chi connectivity index (χ4n) is 3.08. The molecule has 1 N–H and O–H groups in total. The van der Waals surface area contributed by atoms with Crippen LogP contribution in [0.25, 0.3) is 0 Å². The molecule has 0 aliphatic carbocycles. The summed E-state index contributed by atoms with van der Waals surface area (Å²) < 4.78 is 5.47. The largest absolute Gasteiger partial charge is 0.481 e. The minimum atomic E-state index is 0.0171. The molecule has 1 aromatic rings. The number of anilines is 1. The van der Waals surface area contributed by atoms with Gasteiger partial charge in [0.15, 0.2) is 5.90 Å². The second-order valence-electron chi connectivity index (χ2n) is 5.82. The van der Waals surface area contributed by atoms with Gasteiger partial charge in [-0.05, 0) is 56.7 Å². The first kappa shape index (κ1) is 17.1. The van der Waals surface area contributed by atoms with Gasteiger partial charge < -0.3 is 9.64 Å². The van der Waals surface area contributed by atoms with E-state index in [1.165, 1.54) is 30.5 Å². The van der Waals surface area contributed by atoms with Crippen molar-refractivity contribution in [2.45, 2.75) is 44.9 Å². The van der Waals surface area contributed by atoms with E-state index in [-0.39, 0.29) is 5.92 Å². The molecule has 0 spiro atoms. The number of benzene rings is 1. The normalized spacial score (nSPS) is 16.4. The molecular formula is C18H27ClN2O. The SMILES string of the molecule is CCOC(=N)C(CCCCl)c1cccc(N2CCCCC2)c1. The number of piperidine rings is 1. The molecule has 4 heteroatoms. The number of alkyl halides is 1. The third-order valence-electron chi connectivity index (χ3n) is 4.24. The summed E-state index contributed by atoms with van der Waals surface area (Å²) in [7, 11) is 0. The van der Waals surface area contributed by atoms with E-state index in [0.717, 1.165) is 25.9 Å². The van der Waals surface area contributed by atoms with Crippen molar-refractivity contribution < 1.29 is 4.74 Å². The Morgan fingerprint density at radius 2 is 2.09 bits per heavy atom. The van der Waals surface area contributed by atoms with Crippen molar-refractivity contribution >= 4 is 23.2 Å². The van der Waals surface area contributed by atoms with Gasteiger partial charge in [-0.15, -0.1) is 11.6 Å². The molecule has 0 aromatic heterocycles. The van der Waals surface area contributed by atoms with E-state index in [1.807, 2.05) is 6.92 Å². The van der Waals surface area contributed by atoms with Crippen molar-refractivity contribution in [3.8, 4) is 0 Å². The summed E-state index contributed by atoms with van der Waals surface area (Å²) in [6, 6.07) is 8.63. The zero-order valence-electron chi connectivity index (χ0n) is 13.5. The number of hydrogen-bond acceptors (Lipinski definition) is 3. The summed E-state index contributed by atoms with van der Waals surface area (Å²) in [6.45, 7) is 4.75. The van der Waals surface area contributed by atoms with Crippen LogP contribution in [0, 0.1) is 5.41 Å². The summed E-state index contributed by atoms with van der Waals surface area (Å²) in [5.41, 5.74) is 2.45. The van der Waals surface area contributed by atoms with Crippen molar-refractivity contribution in [1.82, 2.24) is 0 Å². The van der Waals surface area contributed by atoms with E-state index in [4.69, 9.17) is 21.7 Å². The number of halogens is 1. The Labute approximate surface area is 139 Å². The molecule has 22 heavy (non-hydrogen) atoms. The van der Waals surface area contributed by atoms with Gasteiger partial charge in [-0.1, -0.05) is 12.1 Å². The smallest absolute Gasteiger partial charge is 0.188 e. The Bertz CT molecular complexity index is 472. The minimum absolute atomic E-state index is 0.0171. The molecule has 1 heterocycles. The quantitative estimate of drug-likeness (QED) is 0.445. The molecule has 0 amide bonds. The summed E-state index contributed by atoms with van der Waals surface area (Å²) in [5.74, 6) is 1.01. The molecule has 0 bridgehead atoms. The summed E-state index contributed by atoms with van der Waals surface area (Å²) in [6.07, 6.45) is 5.65. The second-order valence-corrected chi connectivity index (χ2v) is 6.20. The minimum Gasteiger partial charge on any atom is -0.481 e. The Morgan fingerprint density at radius 3 is 2.77 bits per heavy atom. The fourth-order valence-corrected chi connectivity index (χ4v) is 3.23. The van der Waals surface area contributed by atoms with Gasteiger partial charge in [0.2, 0.25) is 0 Å². The molecule has 1 fully saturated rings. The van der Waals surface area contributed by atoms with E-state index in [0.29, 0.717) is 18.4 Å². The van der Waals surface area contributed by atoms with Crippen LogP contribution in [0.1, 0.15) is 50.5 Å². The zero-order valence-corrected chi connectivity index (χ0v) is 14.2. The Balaban J connectivity index is 2.17. The molecule has 1 aliphatic rings. The lowest BCUT2D eigenvalue weighted by molar-refractivity contribution is 0.305. The lowest BCUT2D eigenvalue weighted by atomic mass is 9.93. The van der Waals surface area contributed by atoms with E-state index in [2.05, 4.69) is 29.2 Å². The first-order valence-electron chi connectivity index (χ1n) is 8.38. The van der Waals surface area contributed by atoms with Crippen molar-refractivity contribution in [3.05, 3.63) is 29.8 Å². The van der Waals surface area contributed by atoms with E-state index < -0.39 is 0 Å². The third-order valence-corrected chi connectivity index (χ3v) is 4.50. The lowest BCUT2D eigenvalue weighted by Gasteiger charge is -2.29. The molecule has 0 radical (unpaired) electrons. The van der Waals surface area contributed by atoms with Crippen molar-refractivity contribution in [2.75, 3.05) is 30.5 Å². The highest BCUT2D eigenvalue weighted by Gasteiger charge is 2.20. The highest BCUT2D eigenvalue weighted by atomic mass is 35.5. The molecule has 0 saturated carbocycles. The Morgan fingerprint density at radius 1 is 1.32 bits per heavy atom. The lowest BCUT2D eigenvalue weighted by Crippen LogP contribution is -2.29. The molecule has 1 aliphatic heterocycles. The average molecular weight is 323 g/mol. The van der Waals surface area contributed by atoms with Gasteiger partial charge in [0.05, 0.1) is 12.5 Å². The maximum Gasteiger partial charge on any atom is 0.188 e. The van der Waals surface area contributed by atoms with Crippen molar-refractivity contribution in [3.63, 3.8) is 0 Å². The maximum atomic E-state index is 8.20. The van der Waals surface area contributed by atoms with Crippen LogP contribution in [0.5, 0.6) is 0 Å². The predicted octanol–water partition coefficient (Wildman–Crippen LogP) is 4.79. The van der Waals surface area contributed by atoms with E-state index in [1.54, 1.807) is 0 Å². The van der Waals surface area contributed by atoms with Crippen LogP contribution in [-0.4, -0.2) is 31.5 Å². The number of nitrogens with zero attached hydrogens (tertiary/aromatic N) is 1. The molecule has 122 valence electrons. The number of hydrogen-bond donors (Lipinski definition) is 1. The van der Waals surface area contributed by atoms with Gasteiger partial charge in [-0.25, -0.2) is 0 Å². The van der Waals surface area contributed by atoms with Crippen LogP contribution < -0.4 is 4.90 Å². The summed E-state index contributed by atoms with van der Waals surface area (Å²) >= 11 is 5.85. The molecule has 2 rings (SSSR count). The molecule has 1 aromatic carbocycles. The van der Waals surface area contributed by atoms with Gasteiger partial charge in [0, 0.05) is 24.7 Å². The maximum absolute atomic E-state index is 8.20. The summed E-state index contributed by atoms with van der Waals surface area (Å²) in [5, 5.41) is 8.20. The highest BCUT2D eigenvalue weighted by molar-refractivity contribution is 6.17. The van der Waals surface area contributed by atoms with E-state index >= 15 is 0 Å². The van der Waals surface area contributed by atoms with Gasteiger partial charge >= 0.3 is 0 Å². The Kier molecular flexibility index (Phi) is 7.04. The molecular weight excluding hydrogens is 296 g/mol. The fraction of sp³-hybridized carbons (Fsp3) is 0.611. The van der Waals surface area contributed by atoms with Crippen molar-refractivity contribution in [2.24, 2.45) is 0 Å². The second kappa shape index (κ2) is 9.04. The zero-order chi connectivity index (χ0) is 15.8. The topological polar surface area (TPSA) is 36.3 Å². The third kappa shape index (κ3) is 4.64. The first-order chi connectivity index (χ1) is 10.8. The predicted molar refractivity (Wildman–Crippen MR) is 94.6 cm³/mol. The van der Waals surface area contributed by atoms with Crippen LogP contribution in [0.2, 0.25) is 0 Å². The number of nitrogens with one attached hydrogen (secondary N) is 1. The first-order valence-corrected chi connectivity index (χ1v) is 8.91. The molecule has 1 atom stereocenters. The monoisotopic (exact) mass is 322 g/mol. The highest BCUT2D eigenvalue weighted by Crippen LogP contribution is 2.28. The van der Waals surface area contributed by atoms with Gasteiger partial charge in [-0.2, -0.15) is 0 Å². The van der Waals surface area contributed by atoms with Gasteiger partial charge in [0.1, 0.15) is 0 Å². The van der Waals surface area contributed by atoms with E-state index in [9.17, 15) is 0 Å². The number of rotatable bonds is 7. The standard InChI is InChI=1S/C18H27ClN2O/c1-2-22-18(20)17(10-7-11-19)15-8-6-9-16(14-15)21-12-4-3-5-13-21/h6,8-9,14,17,20H,2-5,7,10-13H2,1H3. The van der Waals surface area contributed by atoms with Crippen LogP contribution in [-0.2, 0) is 4.74 Å². The Hall–Kier alpha value is -1.22. The van der Waals surface area contributed by atoms with Gasteiger partial charge in [-0.3, -0.25) is 5.41 Å². The average Bonchev–Trinajstić information content (AvgIpc) is 2.57. The molecule has 1 saturated heterocycles. The molecule has 3 nitrogen and oxygen atoms in total. The number of ether oxygens (including phenoxy) is 1.